The summed E-state index contributed by atoms with van der Waals surface area (Å²) in [6.07, 6.45) is 0. The van der Waals surface area contributed by atoms with Crippen LogP contribution in [0.4, 0.5) is 0 Å². The molecule has 0 heterocycles. The number of aliphatic carboxylic acids is 1. The number of rotatable bonds is 5. The molecule has 4 nitrogen and oxygen atoms in total. The minimum absolute atomic E-state index is 0.116. The van der Waals surface area contributed by atoms with Gasteiger partial charge in [0.2, 0.25) is 8.32 Å². The van der Waals surface area contributed by atoms with E-state index in [0.29, 0.717) is 5.75 Å². The first-order chi connectivity index (χ1) is 8.62. The fraction of sp³-hybridized carbons (Fsp3) is 0.500. The van der Waals surface area contributed by atoms with Gasteiger partial charge in [-0.3, -0.25) is 0 Å². The molecule has 0 amide bonds. The second-order valence-corrected chi connectivity index (χ2v) is 10.7. The lowest BCUT2D eigenvalue weighted by molar-refractivity contribution is -0.139. The van der Waals surface area contributed by atoms with Crippen molar-refractivity contribution in [2.24, 2.45) is 0 Å². The van der Waals surface area contributed by atoms with E-state index in [1.54, 1.807) is 18.2 Å². The van der Waals surface area contributed by atoms with Crippen LogP contribution in [0.15, 0.2) is 24.3 Å². The molecule has 106 valence electrons. The molecule has 0 aliphatic carbocycles. The van der Waals surface area contributed by atoms with Crippen molar-refractivity contribution in [1.82, 2.24) is 0 Å². The Morgan fingerprint density at radius 1 is 1.26 bits per heavy atom. The van der Waals surface area contributed by atoms with Gasteiger partial charge in [0.1, 0.15) is 11.5 Å². The minimum atomic E-state index is -1.89. The van der Waals surface area contributed by atoms with Gasteiger partial charge < -0.3 is 14.3 Å². The highest BCUT2D eigenvalue weighted by atomic mass is 28.4. The van der Waals surface area contributed by atoms with Crippen LogP contribution < -0.4 is 9.16 Å². The van der Waals surface area contributed by atoms with Gasteiger partial charge in [0, 0.05) is 6.07 Å². The summed E-state index contributed by atoms with van der Waals surface area (Å²) < 4.78 is 11.3. The maximum Gasteiger partial charge on any atom is 0.341 e. The molecule has 0 fully saturated rings. The molecule has 5 heteroatoms. The Balaban J connectivity index is 2.80. The molecular formula is C14H22O4Si. The second kappa shape index (κ2) is 5.65. The lowest BCUT2D eigenvalue weighted by Crippen LogP contribution is -2.43. The van der Waals surface area contributed by atoms with Gasteiger partial charge in [-0.15, -0.1) is 0 Å². The molecular weight excluding hydrogens is 260 g/mol. The van der Waals surface area contributed by atoms with Crippen LogP contribution in [0.3, 0.4) is 0 Å². The monoisotopic (exact) mass is 282 g/mol. The zero-order valence-corrected chi connectivity index (χ0v) is 13.2. The Bertz CT molecular complexity index is 449. The van der Waals surface area contributed by atoms with Crippen LogP contribution in [0.25, 0.3) is 0 Å². The molecule has 19 heavy (non-hydrogen) atoms. The summed E-state index contributed by atoms with van der Waals surface area (Å²) in [6, 6.07) is 7.14. The summed E-state index contributed by atoms with van der Waals surface area (Å²) in [5.41, 5.74) is 0. The molecule has 0 saturated heterocycles. The van der Waals surface area contributed by atoms with Crippen LogP contribution in [-0.4, -0.2) is 26.0 Å². The van der Waals surface area contributed by atoms with Gasteiger partial charge >= 0.3 is 5.97 Å². The number of hydrogen-bond donors (Lipinski definition) is 1. The van der Waals surface area contributed by atoms with Crippen LogP contribution in [0.5, 0.6) is 11.5 Å². The fourth-order valence-electron chi connectivity index (χ4n) is 1.22. The van der Waals surface area contributed by atoms with Crippen molar-refractivity contribution in [3.63, 3.8) is 0 Å². The number of ether oxygens (including phenoxy) is 1. The van der Waals surface area contributed by atoms with Crippen molar-refractivity contribution < 1.29 is 19.1 Å². The SMILES string of the molecule is CC(C)(C)[Si](C)(C)Oc1cccc(OCC(=O)O)c1. The Labute approximate surface area is 115 Å². The molecule has 1 aromatic carbocycles. The Morgan fingerprint density at radius 2 is 1.84 bits per heavy atom. The second-order valence-electron chi connectivity index (χ2n) is 6.02. The van der Waals surface area contributed by atoms with Gasteiger partial charge in [-0.1, -0.05) is 26.8 Å². The lowest BCUT2D eigenvalue weighted by atomic mass is 10.2. The van der Waals surface area contributed by atoms with E-state index in [4.69, 9.17) is 14.3 Å². The van der Waals surface area contributed by atoms with Crippen LogP contribution >= 0.6 is 0 Å². The molecule has 0 radical (unpaired) electrons. The number of carbonyl (C=O) groups is 1. The minimum Gasteiger partial charge on any atom is -0.543 e. The Hall–Kier alpha value is -1.49. The van der Waals surface area contributed by atoms with Gasteiger partial charge in [0.15, 0.2) is 6.61 Å². The number of carboxylic acids is 1. The highest BCUT2D eigenvalue weighted by Crippen LogP contribution is 2.37. The standard InChI is InChI=1S/C14H22O4Si/c1-14(2,3)19(4,5)18-12-8-6-7-11(9-12)17-10-13(15)16/h6-9H,10H2,1-5H3,(H,15,16). The van der Waals surface area contributed by atoms with Gasteiger partial charge in [-0.05, 0) is 30.3 Å². The van der Waals surface area contributed by atoms with Crippen LogP contribution in [0, 0.1) is 0 Å². The average molecular weight is 282 g/mol. The molecule has 0 bridgehead atoms. The third kappa shape index (κ3) is 4.59. The normalized spacial score (nSPS) is 12.1. The third-order valence-electron chi connectivity index (χ3n) is 3.35. The summed E-state index contributed by atoms with van der Waals surface area (Å²) in [5, 5.41) is 8.70. The molecule has 1 rings (SSSR count). The smallest absolute Gasteiger partial charge is 0.341 e. The molecule has 1 N–H and O–H groups in total. The molecule has 0 aromatic heterocycles. The lowest BCUT2D eigenvalue weighted by Gasteiger charge is -2.36. The number of carboxylic acid groups (broad SMARTS) is 1. The first kappa shape index (κ1) is 15.6. The van der Waals surface area contributed by atoms with Crippen LogP contribution in [0.1, 0.15) is 20.8 Å². The summed E-state index contributed by atoms with van der Waals surface area (Å²) >= 11 is 0. The topological polar surface area (TPSA) is 55.8 Å². The van der Waals surface area contributed by atoms with E-state index in [9.17, 15) is 4.79 Å². The van der Waals surface area contributed by atoms with E-state index in [-0.39, 0.29) is 11.6 Å². The van der Waals surface area contributed by atoms with Crippen LogP contribution in [-0.2, 0) is 4.79 Å². The molecule has 0 aliphatic rings. The highest BCUT2D eigenvalue weighted by molar-refractivity contribution is 6.74. The third-order valence-corrected chi connectivity index (χ3v) is 7.71. The molecule has 0 atom stereocenters. The molecule has 0 unspecified atom stereocenters. The maximum absolute atomic E-state index is 10.5. The van der Waals surface area contributed by atoms with Crippen molar-refractivity contribution >= 4 is 14.3 Å². The summed E-state index contributed by atoms with van der Waals surface area (Å²) in [4.78, 5) is 10.5. The number of hydrogen-bond acceptors (Lipinski definition) is 3. The van der Waals surface area contributed by atoms with Gasteiger partial charge in [0.05, 0.1) is 0 Å². The van der Waals surface area contributed by atoms with Crippen molar-refractivity contribution in [2.75, 3.05) is 6.61 Å². The summed E-state index contributed by atoms with van der Waals surface area (Å²) in [6.45, 7) is 10.5. The van der Waals surface area contributed by atoms with E-state index < -0.39 is 14.3 Å². The predicted molar refractivity (Wildman–Crippen MR) is 77.4 cm³/mol. The number of benzene rings is 1. The maximum atomic E-state index is 10.5. The zero-order chi connectivity index (χ0) is 14.7. The van der Waals surface area contributed by atoms with Crippen molar-refractivity contribution in [3.05, 3.63) is 24.3 Å². The Kier molecular flexibility index (Phi) is 4.63. The predicted octanol–water partition coefficient (Wildman–Crippen LogP) is 3.53. The van der Waals surface area contributed by atoms with E-state index in [2.05, 4.69) is 33.9 Å². The van der Waals surface area contributed by atoms with E-state index >= 15 is 0 Å². The highest BCUT2D eigenvalue weighted by Gasteiger charge is 2.38. The van der Waals surface area contributed by atoms with Crippen LogP contribution in [0.2, 0.25) is 18.1 Å². The van der Waals surface area contributed by atoms with Gasteiger partial charge in [0.25, 0.3) is 0 Å². The largest absolute Gasteiger partial charge is 0.543 e. The molecule has 0 saturated carbocycles. The zero-order valence-electron chi connectivity index (χ0n) is 12.2. The first-order valence-corrected chi connectivity index (χ1v) is 9.16. The summed E-state index contributed by atoms with van der Waals surface area (Å²) in [7, 11) is -1.89. The fourth-order valence-corrected chi connectivity index (χ4v) is 2.24. The Morgan fingerprint density at radius 3 is 2.37 bits per heavy atom. The van der Waals surface area contributed by atoms with Crippen molar-refractivity contribution in [1.29, 1.82) is 0 Å². The molecule has 0 spiro atoms. The summed E-state index contributed by atoms with van der Waals surface area (Å²) in [5.74, 6) is 0.254. The van der Waals surface area contributed by atoms with Crippen molar-refractivity contribution in [3.8, 4) is 11.5 Å². The van der Waals surface area contributed by atoms with Crippen molar-refractivity contribution in [2.45, 2.75) is 38.9 Å². The van der Waals surface area contributed by atoms with E-state index in [1.807, 2.05) is 6.07 Å². The van der Waals surface area contributed by atoms with Gasteiger partial charge in [-0.25, -0.2) is 4.79 Å². The van der Waals surface area contributed by atoms with E-state index in [1.165, 1.54) is 0 Å². The molecule has 0 aliphatic heterocycles. The molecule has 1 aromatic rings. The van der Waals surface area contributed by atoms with Gasteiger partial charge in [-0.2, -0.15) is 0 Å². The van der Waals surface area contributed by atoms with E-state index in [0.717, 1.165) is 5.75 Å². The first-order valence-electron chi connectivity index (χ1n) is 6.25. The average Bonchev–Trinajstić information content (AvgIpc) is 2.24. The quantitative estimate of drug-likeness (QED) is 0.839.